The van der Waals surface area contributed by atoms with Gasteiger partial charge in [0.2, 0.25) is 0 Å². The Morgan fingerprint density at radius 1 is 0.667 bits per heavy atom. The molecule has 0 fully saturated rings. The van der Waals surface area contributed by atoms with Crippen molar-refractivity contribution < 1.29 is 18.9 Å². The average Bonchev–Trinajstić information content (AvgIpc) is 2.52. The van der Waals surface area contributed by atoms with Crippen molar-refractivity contribution in [3.63, 3.8) is 0 Å². The number of fused-ring (bicyclic) bond motifs is 2. The maximum absolute atomic E-state index is 3.90. The maximum Gasteiger partial charge on any atom is 1.00 e. The molecule has 0 aromatic heterocycles. The number of hydrogen-bond donors (Lipinski definition) is 0. The number of rotatable bonds is 0. The largest absolute Gasteiger partial charge is 1.00 e. The Hall–Kier alpha value is -0.183. The monoisotopic (exact) mass is 276 g/mol. The van der Waals surface area contributed by atoms with Gasteiger partial charge in [-0.15, -0.1) is 11.1 Å². The van der Waals surface area contributed by atoms with Gasteiger partial charge in [-0.1, -0.05) is 66.2 Å². The van der Waals surface area contributed by atoms with Crippen molar-refractivity contribution >= 4 is 0 Å². The molecule has 0 saturated heterocycles. The first-order valence-electron chi connectivity index (χ1n) is 7.99. The van der Waals surface area contributed by atoms with Crippen molar-refractivity contribution in [2.75, 3.05) is 0 Å². The van der Waals surface area contributed by atoms with Crippen LogP contribution >= 0.6 is 0 Å². The summed E-state index contributed by atoms with van der Waals surface area (Å²) in [6, 6.07) is 6.43. The Balaban J connectivity index is 0.00000161. The molecular weight excluding hydrogens is 247 g/mol. The van der Waals surface area contributed by atoms with Crippen LogP contribution in [-0.4, -0.2) is 0 Å². The zero-order valence-corrected chi connectivity index (χ0v) is 15.5. The third-order valence-electron chi connectivity index (χ3n) is 5.66. The van der Waals surface area contributed by atoms with Crippen LogP contribution in [-0.2, 0) is 21.7 Å². The molecule has 0 saturated carbocycles. The predicted octanol–water partition coefficient (Wildman–Crippen LogP) is 2.41. The van der Waals surface area contributed by atoms with Crippen LogP contribution in [0.5, 0.6) is 0 Å². The summed E-state index contributed by atoms with van der Waals surface area (Å²) in [6.07, 6.45) is 2.46. The summed E-state index contributed by atoms with van der Waals surface area (Å²) in [5, 5.41) is 0. The average molecular weight is 276 g/mol. The van der Waals surface area contributed by atoms with E-state index in [-0.39, 0.29) is 40.5 Å². The van der Waals surface area contributed by atoms with Crippen LogP contribution < -0.4 is 18.9 Å². The first kappa shape index (κ1) is 17.2. The van der Waals surface area contributed by atoms with Crippen molar-refractivity contribution in [2.45, 2.75) is 89.9 Å². The third-order valence-corrected chi connectivity index (χ3v) is 5.66. The Labute approximate surface area is 143 Å². The van der Waals surface area contributed by atoms with E-state index in [1.165, 1.54) is 24.0 Å². The molecule has 110 valence electrons. The van der Waals surface area contributed by atoms with Gasteiger partial charge >= 0.3 is 18.9 Å². The summed E-state index contributed by atoms with van der Waals surface area (Å²) in [5.41, 5.74) is 7.14. The predicted molar refractivity (Wildman–Crippen MR) is 86.6 cm³/mol. The molecule has 0 atom stereocenters. The van der Waals surface area contributed by atoms with E-state index in [4.69, 9.17) is 0 Å². The zero-order valence-electron chi connectivity index (χ0n) is 15.5. The molecule has 0 nitrogen and oxygen atoms in total. The molecule has 0 bridgehead atoms. The number of benzene rings is 1. The normalized spacial score (nSPS) is 25.9. The second-order valence-electron chi connectivity index (χ2n) is 9.74. The van der Waals surface area contributed by atoms with Gasteiger partial charge in [0.1, 0.15) is 0 Å². The molecule has 2 aliphatic rings. The Morgan fingerprint density at radius 2 is 1.00 bits per heavy atom. The number of hydrogen-bond acceptors (Lipinski definition) is 0. The zero-order chi connectivity index (χ0) is 15.1. The fourth-order valence-electron chi connectivity index (χ4n) is 5.26. The van der Waals surface area contributed by atoms with E-state index in [2.05, 4.69) is 67.5 Å². The third kappa shape index (κ3) is 2.34. The van der Waals surface area contributed by atoms with Crippen LogP contribution in [0.1, 0.15) is 90.5 Å². The quantitative estimate of drug-likeness (QED) is 0.504. The summed E-state index contributed by atoms with van der Waals surface area (Å²) in [6.45, 7) is 19.1. The van der Waals surface area contributed by atoms with Gasteiger partial charge in [0.15, 0.2) is 0 Å². The molecule has 0 unspecified atom stereocenters. The molecule has 1 heteroatoms. The van der Waals surface area contributed by atoms with Gasteiger partial charge in [-0.3, -0.25) is 0 Å². The smallest absolute Gasteiger partial charge is 0.175 e. The second kappa shape index (κ2) is 4.43. The van der Waals surface area contributed by atoms with E-state index < -0.39 is 0 Å². The van der Waals surface area contributed by atoms with Crippen molar-refractivity contribution in [1.29, 1.82) is 0 Å². The Kier molecular flexibility index (Phi) is 3.62. The first-order valence-corrected chi connectivity index (χ1v) is 7.99. The standard InChI is InChI=1S/C20H29.Li/c1-17(2)11-18(3,4)14-10-16-15(9-13(14)17)19(5,6)12-20(16,7)8;/h9H,11-12H2,1-8H3;/q-1;+1. The molecule has 1 aromatic rings. The van der Waals surface area contributed by atoms with Gasteiger partial charge < -0.3 is 0 Å². The van der Waals surface area contributed by atoms with Gasteiger partial charge in [0, 0.05) is 0 Å². The molecule has 0 amide bonds. The summed E-state index contributed by atoms with van der Waals surface area (Å²) in [5.74, 6) is 0. The van der Waals surface area contributed by atoms with Crippen LogP contribution in [0.2, 0.25) is 0 Å². The summed E-state index contributed by atoms with van der Waals surface area (Å²) in [7, 11) is 0. The minimum Gasteiger partial charge on any atom is -0.175 e. The molecule has 2 aliphatic carbocycles. The summed E-state index contributed by atoms with van der Waals surface area (Å²) in [4.78, 5) is 0. The van der Waals surface area contributed by atoms with Crippen LogP contribution in [0.15, 0.2) is 6.07 Å². The van der Waals surface area contributed by atoms with Crippen LogP contribution in [0.4, 0.5) is 0 Å². The fourth-order valence-corrected chi connectivity index (χ4v) is 5.26. The minimum atomic E-state index is 0. The van der Waals surface area contributed by atoms with E-state index in [1.54, 1.807) is 11.1 Å². The van der Waals surface area contributed by atoms with Crippen molar-refractivity contribution in [1.82, 2.24) is 0 Å². The second-order valence-corrected chi connectivity index (χ2v) is 9.74. The molecule has 3 rings (SSSR count). The van der Waals surface area contributed by atoms with Gasteiger partial charge in [-0.25, -0.2) is 0 Å². The molecule has 0 N–H and O–H groups in total. The van der Waals surface area contributed by atoms with E-state index in [1.807, 2.05) is 0 Å². The SMILES string of the molecule is CC1(C)CC(C)(C)c2cc3c([c-]c21)C(C)(C)CC3(C)C.[Li+]. The Bertz CT molecular complexity index is 488. The first-order chi connectivity index (χ1) is 8.87. The van der Waals surface area contributed by atoms with E-state index in [0.29, 0.717) is 0 Å². The molecular formula is C20H29Li. The van der Waals surface area contributed by atoms with Gasteiger partial charge in [0.25, 0.3) is 0 Å². The maximum atomic E-state index is 3.90. The van der Waals surface area contributed by atoms with Gasteiger partial charge in [-0.2, -0.15) is 23.3 Å². The van der Waals surface area contributed by atoms with Crippen LogP contribution in [0.3, 0.4) is 0 Å². The molecule has 0 radical (unpaired) electrons. The fraction of sp³-hybridized carbons (Fsp3) is 0.700. The molecule has 0 aliphatic heterocycles. The molecule has 21 heavy (non-hydrogen) atoms. The van der Waals surface area contributed by atoms with Crippen molar-refractivity contribution in [3.05, 3.63) is 34.4 Å². The molecule has 0 spiro atoms. The van der Waals surface area contributed by atoms with E-state index >= 15 is 0 Å². The summed E-state index contributed by atoms with van der Waals surface area (Å²) < 4.78 is 0. The van der Waals surface area contributed by atoms with Crippen LogP contribution in [0.25, 0.3) is 0 Å². The molecule has 1 aromatic carbocycles. The minimum absolute atomic E-state index is 0. The van der Waals surface area contributed by atoms with Gasteiger partial charge in [-0.05, 0) is 23.7 Å². The van der Waals surface area contributed by atoms with E-state index in [0.717, 1.165) is 0 Å². The van der Waals surface area contributed by atoms with Gasteiger partial charge in [0.05, 0.1) is 0 Å². The van der Waals surface area contributed by atoms with Crippen molar-refractivity contribution in [2.24, 2.45) is 0 Å². The topological polar surface area (TPSA) is 0 Å². The summed E-state index contributed by atoms with van der Waals surface area (Å²) >= 11 is 0. The van der Waals surface area contributed by atoms with E-state index in [9.17, 15) is 0 Å². The molecule has 0 heterocycles. The Morgan fingerprint density at radius 3 is 1.33 bits per heavy atom. The van der Waals surface area contributed by atoms with Crippen LogP contribution in [0, 0.1) is 6.07 Å². The van der Waals surface area contributed by atoms with Crippen molar-refractivity contribution in [3.8, 4) is 0 Å².